The molecule has 0 aliphatic carbocycles. The second kappa shape index (κ2) is 6.29. The standard InChI is InChI=1S/C14H18N4O4/c1-10(19)14(20)18-6-4-17(5-7-18)9-12-15-13(16-22-12)11-3-2-8-21-11/h2-3,8,10,19H,4-7,9H2,1H3. The number of carbonyl (C=O) groups is 1. The lowest BCUT2D eigenvalue weighted by Gasteiger charge is -2.34. The molecule has 0 radical (unpaired) electrons. The van der Waals surface area contributed by atoms with Crippen LogP contribution in [0.5, 0.6) is 0 Å². The molecule has 0 aromatic carbocycles. The summed E-state index contributed by atoms with van der Waals surface area (Å²) in [6, 6.07) is 3.54. The number of hydrogen-bond donors (Lipinski definition) is 1. The number of furan rings is 1. The van der Waals surface area contributed by atoms with Crippen molar-refractivity contribution < 1.29 is 18.8 Å². The third-order valence-corrected chi connectivity index (χ3v) is 3.61. The zero-order chi connectivity index (χ0) is 15.5. The lowest BCUT2D eigenvalue weighted by molar-refractivity contribution is -0.141. The van der Waals surface area contributed by atoms with Crippen molar-refractivity contribution in [3.05, 3.63) is 24.3 Å². The normalized spacial score (nSPS) is 17.6. The van der Waals surface area contributed by atoms with Crippen LogP contribution in [-0.2, 0) is 11.3 Å². The molecule has 1 atom stereocenters. The molecular weight excluding hydrogens is 288 g/mol. The van der Waals surface area contributed by atoms with E-state index in [4.69, 9.17) is 8.94 Å². The number of rotatable bonds is 4. The third kappa shape index (κ3) is 3.18. The van der Waals surface area contributed by atoms with Gasteiger partial charge >= 0.3 is 0 Å². The zero-order valence-electron chi connectivity index (χ0n) is 12.3. The summed E-state index contributed by atoms with van der Waals surface area (Å²) < 4.78 is 10.4. The molecule has 0 bridgehead atoms. The van der Waals surface area contributed by atoms with Crippen LogP contribution in [-0.4, -0.2) is 63.2 Å². The molecule has 1 aliphatic rings. The Hall–Kier alpha value is -2.19. The van der Waals surface area contributed by atoms with Crippen molar-refractivity contribution in [3.63, 3.8) is 0 Å². The molecule has 3 rings (SSSR count). The van der Waals surface area contributed by atoms with Gasteiger partial charge in [-0.1, -0.05) is 5.16 Å². The van der Waals surface area contributed by atoms with Crippen LogP contribution in [0.4, 0.5) is 0 Å². The second-order valence-corrected chi connectivity index (χ2v) is 5.27. The van der Waals surface area contributed by atoms with Gasteiger partial charge in [0.05, 0.1) is 12.8 Å². The number of carbonyl (C=O) groups excluding carboxylic acids is 1. The fraction of sp³-hybridized carbons (Fsp3) is 0.500. The maximum Gasteiger partial charge on any atom is 0.251 e. The number of nitrogens with zero attached hydrogens (tertiary/aromatic N) is 4. The van der Waals surface area contributed by atoms with Crippen molar-refractivity contribution in [3.8, 4) is 11.6 Å². The molecule has 0 saturated carbocycles. The largest absolute Gasteiger partial charge is 0.461 e. The first-order valence-corrected chi connectivity index (χ1v) is 7.19. The highest BCUT2D eigenvalue weighted by molar-refractivity contribution is 5.80. The first-order valence-electron chi connectivity index (χ1n) is 7.19. The number of piperazine rings is 1. The second-order valence-electron chi connectivity index (χ2n) is 5.27. The van der Waals surface area contributed by atoms with E-state index in [0.29, 0.717) is 50.2 Å². The molecule has 118 valence electrons. The molecule has 1 unspecified atom stereocenters. The molecule has 8 nitrogen and oxygen atoms in total. The molecule has 22 heavy (non-hydrogen) atoms. The van der Waals surface area contributed by atoms with Crippen molar-refractivity contribution in [1.29, 1.82) is 0 Å². The summed E-state index contributed by atoms with van der Waals surface area (Å²) in [7, 11) is 0. The van der Waals surface area contributed by atoms with E-state index in [0.717, 1.165) is 0 Å². The molecule has 2 aromatic rings. The fourth-order valence-electron chi connectivity index (χ4n) is 2.41. The Labute approximate surface area is 127 Å². The van der Waals surface area contributed by atoms with E-state index in [1.807, 2.05) is 0 Å². The summed E-state index contributed by atoms with van der Waals surface area (Å²) in [6.07, 6.45) is 0.613. The van der Waals surface area contributed by atoms with Crippen LogP contribution in [0.25, 0.3) is 11.6 Å². The number of aliphatic hydroxyl groups is 1. The minimum absolute atomic E-state index is 0.224. The average molecular weight is 306 g/mol. The molecule has 0 spiro atoms. The molecule has 2 aromatic heterocycles. The van der Waals surface area contributed by atoms with Gasteiger partial charge in [0.15, 0.2) is 5.76 Å². The van der Waals surface area contributed by atoms with Crippen LogP contribution >= 0.6 is 0 Å². The van der Waals surface area contributed by atoms with Crippen molar-refractivity contribution >= 4 is 5.91 Å². The molecular formula is C14H18N4O4. The Morgan fingerprint density at radius 2 is 2.18 bits per heavy atom. The van der Waals surface area contributed by atoms with Crippen molar-refractivity contribution in [1.82, 2.24) is 19.9 Å². The summed E-state index contributed by atoms with van der Waals surface area (Å²) in [5.41, 5.74) is 0. The van der Waals surface area contributed by atoms with Gasteiger partial charge in [0.1, 0.15) is 6.10 Å². The van der Waals surface area contributed by atoms with E-state index in [-0.39, 0.29) is 5.91 Å². The zero-order valence-corrected chi connectivity index (χ0v) is 12.3. The van der Waals surface area contributed by atoms with Crippen LogP contribution in [0, 0.1) is 0 Å². The molecule has 1 N–H and O–H groups in total. The number of aliphatic hydroxyl groups excluding tert-OH is 1. The van der Waals surface area contributed by atoms with Crippen LogP contribution in [0.2, 0.25) is 0 Å². The summed E-state index contributed by atoms with van der Waals surface area (Å²) >= 11 is 0. The van der Waals surface area contributed by atoms with E-state index in [1.165, 1.54) is 6.92 Å². The molecule has 1 saturated heterocycles. The quantitative estimate of drug-likeness (QED) is 0.871. The van der Waals surface area contributed by atoms with Gasteiger partial charge in [0.25, 0.3) is 5.91 Å². The highest BCUT2D eigenvalue weighted by Gasteiger charge is 2.24. The van der Waals surface area contributed by atoms with Gasteiger partial charge in [-0.3, -0.25) is 9.69 Å². The molecule has 3 heterocycles. The van der Waals surface area contributed by atoms with Gasteiger partial charge in [-0.15, -0.1) is 0 Å². The van der Waals surface area contributed by atoms with Crippen molar-refractivity contribution in [2.24, 2.45) is 0 Å². The minimum Gasteiger partial charge on any atom is -0.461 e. The van der Waals surface area contributed by atoms with E-state index in [9.17, 15) is 9.90 Å². The molecule has 1 aliphatic heterocycles. The Kier molecular flexibility index (Phi) is 4.21. The fourth-order valence-corrected chi connectivity index (χ4v) is 2.41. The smallest absolute Gasteiger partial charge is 0.251 e. The summed E-state index contributed by atoms with van der Waals surface area (Å²) in [5, 5.41) is 13.2. The summed E-state index contributed by atoms with van der Waals surface area (Å²) in [5.74, 6) is 1.30. The lowest BCUT2D eigenvalue weighted by atomic mass is 10.2. The number of aromatic nitrogens is 2. The first-order chi connectivity index (χ1) is 10.6. The SMILES string of the molecule is CC(O)C(=O)N1CCN(Cc2nc(-c3ccco3)no2)CC1. The van der Waals surface area contributed by atoms with E-state index in [2.05, 4.69) is 15.0 Å². The van der Waals surface area contributed by atoms with Gasteiger partial charge in [0, 0.05) is 26.2 Å². The Morgan fingerprint density at radius 1 is 1.41 bits per heavy atom. The van der Waals surface area contributed by atoms with Crippen LogP contribution in [0.15, 0.2) is 27.3 Å². The number of hydrogen-bond acceptors (Lipinski definition) is 7. The Bertz CT molecular complexity index is 615. The van der Waals surface area contributed by atoms with Crippen LogP contribution < -0.4 is 0 Å². The predicted molar refractivity (Wildman–Crippen MR) is 75.5 cm³/mol. The van der Waals surface area contributed by atoms with Gasteiger partial charge in [-0.2, -0.15) is 4.98 Å². The summed E-state index contributed by atoms with van der Waals surface area (Å²) in [6.45, 7) is 4.60. The van der Waals surface area contributed by atoms with E-state index < -0.39 is 6.10 Å². The van der Waals surface area contributed by atoms with E-state index >= 15 is 0 Å². The molecule has 1 amide bonds. The molecule has 8 heteroatoms. The van der Waals surface area contributed by atoms with Gasteiger partial charge in [-0.05, 0) is 19.1 Å². The summed E-state index contributed by atoms with van der Waals surface area (Å²) in [4.78, 5) is 19.8. The topological polar surface area (TPSA) is 95.8 Å². The third-order valence-electron chi connectivity index (χ3n) is 3.61. The minimum atomic E-state index is -0.946. The Balaban J connectivity index is 1.54. The predicted octanol–water partition coefficient (Wildman–Crippen LogP) is 0.355. The van der Waals surface area contributed by atoms with Gasteiger partial charge in [-0.25, -0.2) is 0 Å². The van der Waals surface area contributed by atoms with Gasteiger partial charge < -0.3 is 18.9 Å². The monoisotopic (exact) mass is 306 g/mol. The Morgan fingerprint density at radius 3 is 2.82 bits per heavy atom. The van der Waals surface area contributed by atoms with Crippen LogP contribution in [0.3, 0.4) is 0 Å². The first kappa shape index (κ1) is 14.7. The maximum atomic E-state index is 11.7. The lowest BCUT2D eigenvalue weighted by Crippen LogP contribution is -2.50. The maximum absolute atomic E-state index is 11.7. The van der Waals surface area contributed by atoms with Crippen LogP contribution in [0.1, 0.15) is 12.8 Å². The van der Waals surface area contributed by atoms with Gasteiger partial charge in [0.2, 0.25) is 11.7 Å². The molecule has 1 fully saturated rings. The average Bonchev–Trinajstić information content (AvgIpc) is 3.18. The van der Waals surface area contributed by atoms with Crippen molar-refractivity contribution in [2.45, 2.75) is 19.6 Å². The highest BCUT2D eigenvalue weighted by atomic mass is 16.5. The van der Waals surface area contributed by atoms with E-state index in [1.54, 1.807) is 23.3 Å². The number of amides is 1. The van der Waals surface area contributed by atoms with Crippen molar-refractivity contribution in [2.75, 3.05) is 26.2 Å². The highest BCUT2D eigenvalue weighted by Crippen LogP contribution is 2.17.